The van der Waals surface area contributed by atoms with E-state index >= 15 is 0 Å². The summed E-state index contributed by atoms with van der Waals surface area (Å²) in [6.45, 7) is 4.64. The molecule has 0 radical (unpaired) electrons. The van der Waals surface area contributed by atoms with E-state index in [1.54, 1.807) is 30.4 Å². The highest BCUT2D eigenvalue weighted by Gasteiger charge is 2.00. The van der Waals surface area contributed by atoms with Crippen molar-refractivity contribution in [1.29, 1.82) is 0 Å². The summed E-state index contributed by atoms with van der Waals surface area (Å²) in [6.07, 6.45) is 5.18. The quantitative estimate of drug-likeness (QED) is 0.276. The largest absolute Gasteiger partial charge is 0.490 e. The lowest BCUT2D eigenvalue weighted by Gasteiger charge is -2.08. The van der Waals surface area contributed by atoms with Crippen molar-refractivity contribution in [3.63, 3.8) is 0 Å². The Bertz CT molecular complexity index is 924. The highest BCUT2D eigenvalue weighted by atomic mass is 16.5. The zero-order valence-corrected chi connectivity index (χ0v) is 15.6. The Morgan fingerprint density at radius 3 is 1.82 bits per heavy atom. The van der Waals surface area contributed by atoms with Gasteiger partial charge in [-0.1, -0.05) is 73.3 Å². The number of ether oxygens (including phenoxy) is 2. The van der Waals surface area contributed by atoms with E-state index < -0.39 is 0 Å². The molecule has 0 aliphatic carbocycles. The van der Waals surface area contributed by atoms with Gasteiger partial charge in [0, 0.05) is 5.56 Å². The lowest BCUT2D eigenvalue weighted by Crippen LogP contribution is -2.08. The maximum atomic E-state index is 12.1. The fourth-order valence-electron chi connectivity index (χ4n) is 2.56. The van der Waals surface area contributed by atoms with E-state index in [1.807, 2.05) is 66.7 Å². The summed E-state index contributed by atoms with van der Waals surface area (Å²) in [5, 5.41) is 0. The van der Waals surface area contributed by atoms with Gasteiger partial charge in [0.25, 0.3) is 0 Å². The molecule has 0 bridgehead atoms. The van der Waals surface area contributed by atoms with Gasteiger partial charge in [-0.15, -0.1) is 0 Å². The number of ketones is 1. The smallest absolute Gasteiger partial charge is 0.185 e. The standard InChI is InChI=1S/C25H22O3/c1-2-20-8-13-23(14-9-20)27-18-19-28-24-15-10-21(11-16-24)12-17-25(26)22-6-4-3-5-7-22/h2-17H,1,18-19H2. The first kappa shape index (κ1) is 19.2. The first-order valence-electron chi connectivity index (χ1n) is 9.10. The molecule has 3 heteroatoms. The van der Waals surface area contributed by atoms with E-state index in [-0.39, 0.29) is 5.78 Å². The van der Waals surface area contributed by atoms with E-state index in [0.717, 1.165) is 22.6 Å². The van der Waals surface area contributed by atoms with Gasteiger partial charge < -0.3 is 9.47 Å². The van der Waals surface area contributed by atoms with Crippen LogP contribution in [-0.4, -0.2) is 19.0 Å². The van der Waals surface area contributed by atoms with E-state index in [4.69, 9.17) is 9.47 Å². The van der Waals surface area contributed by atoms with Crippen molar-refractivity contribution < 1.29 is 14.3 Å². The summed E-state index contributed by atoms with van der Waals surface area (Å²) >= 11 is 0. The monoisotopic (exact) mass is 370 g/mol. The Labute approximate surface area is 165 Å². The first-order valence-corrected chi connectivity index (χ1v) is 9.10. The highest BCUT2D eigenvalue weighted by molar-refractivity contribution is 6.06. The maximum Gasteiger partial charge on any atom is 0.185 e. The second kappa shape index (κ2) is 9.93. The number of hydrogen-bond acceptors (Lipinski definition) is 3. The van der Waals surface area contributed by atoms with Crippen LogP contribution in [0.15, 0.2) is 91.5 Å². The molecule has 0 aliphatic rings. The number of rotatable bonds is 9. The highest BCUT2D eigenvalue weighted by Crippen LogP contribution is 2.15. The summed E-state index contributed by atoms with van der Waals surface area (Å²) in [6, 6.07) is 24.5. The molecule has 0 spiro atoms. The van der Waals surface area contributed by atoms with Gasteiger partial charge in [-0.25, -0.2) is 0 Å². The van der Waals surface area contributed by atoms with Gasteiger partial charge >= 0.3 is 0 Å². The van der Waals surface area contributed by atoms with Crippen LogP contribution < -0.4 is 9.47 Å². The van der Waals surface area contributed by atoms with Crippen LogP contribution in [0.3, 0.4) is 0 Å². The van der Waals surface area contributed by atoms with Crippen molar-refractivity contribution in [3.8, 4) is 11.5 Å². The van der Waals surface area contributed by atoms with Gasteiger partial charge in [-0.3, -0.25) is 4.79 Å². The summed E-state index contributed by atoms with van der Waals surface area (Å²) < 4.78 is 11.3. The Balaban J connectivity index is 1.44. The molecule has 3 nitrogen and oxygen atoms in total. The van der Waals surface area contributed by atoms with Gasteiger partial charge in [0.05, 0.1) is 0 Å². The number of benzene rings is 3. The van der Waals surface area contributed by atoms with Crippen LogP contribution in [0.2, 0.25) is 0 Å². The molecule has 0 fully saturated rings. The molecule has 0 amide bonds. The van der Waals surface area contributed by atoms with Crippen LogP contribution >= 0.6 is 0 Å². The van der Waals surface area contributed by atoms with E-state index in [1.165, 1.54) is 0 Å². The molecule has 0 aromatic heterocycles. The summed E-state index contributed by atoms with van der Waals surface area (Å²) in [7, 11) is 0. The fourth-order valence-corrected chi connectivity index (χ4v) is 2.56. The molecule has 3 aromatic rings. The van der Waals surface area contributed by atoms with Crippen molar-refractivity contribution in [2.45, 2.75) is 0 Å². The van der Waals surface area contributed by atoms with Crippen molar-refractivity contribution in [2.24, 2.45) is 0 Å². The minimum Gasteiger partial charge on any atom is -0.490 e. The van der Waals surface area contributed by atoms with Crippen LogP contribution in [-0.2, 0) is 0 Å². The lowest BCUT2D eigenvalue weighted by atomic mass is 10.1. The molecule has 0 N–H and O–H groups in total. The third-order valence-corrected chi connectivity index (χ3v) is 4.10. The zero-order chi connectivity index (χ0) is 19.6. The predicted octanol–water partition coefficient (Wildman–Crippen LogP) is 5.68. The molecule has 0 unspecified atom stereocenters. The van der Waals surface area contributed by atoms with Crippen molar-refractivity contribution in [1.82, 2.24) is 0 Å². The average Bonchev–Trinajstić information content (AvgIpc) is 2.77. The van der Waals surface area contributed by atoms with E-state index in [9.17, 15) is 4.79 Å². The lowest BCUT2D eigenvalue weighted by molar-refractivity contribution is 0.104. The molecular weight excluding hydrogens is 348 g/mol. The summed E-state index contributed by atoms with van der Waals surface area (Å²) in [4.78, 5) is 12.1. The molecule has 3 rings (SSSR count). The molecule has 3 aromatic carbocycles. The van der Waals surface area contributed by atoms with Crippen molar-refractivity contribution >= 4 is 17.9 Å². The second-order valence-electron chi connectivity index (χ2n) is 6.10. The SMILES string of the molecule is C=Cc1ccc(OCCOc2ccc(C=CC(=O)c3ccccc3)cc2)cc1. The molecule has 0 atom stereocenters. The van der Waals surface area contributed by atoms with Crippen molar-refractivity contribution in [3.05, 3.63) is 108 Å². The Morgan fingerprint density at radius 1 is 0.750 bits per heavy atom. The van der Waals surface area contributed by atoms with Crippen LogP contribution in [0.25, 0.3) is 12.2 Å². The normalized spacial score (nSPS) is 10.6. The molecule has 0 saturated heterocycles. The zero-order valence-electron chi connectivity index (χ0n) is 15.6. The van der Waals surface area contributed by atoms with Gasteiger partial charge in [-0.2, -0.15) is 0 Å². The minimum absolute atomic E-state index is 0.0146. The number of carbonyl (C=O) groups excluding carboxylic acids is 1. The van der Waals surface area contributed by atoms with Gasteiger partial charge in [0.2, 0.25) is 0 Å². The molecule has 0 aliphatic heterocycles. The minimum atomic E-state index is -0.0146. The van der Waals surface area contributed by atoms with E-state index in [2.05, 4.69) is 6.58 Å². The summed E-state index contributed by atoms with van der Waals surface area (Å²) in [5.74, 6) is 1.55. The average molecular weight is 370 g/mol. The number of carbonyl (C=O) groups is 1. The number of allylic oxidation sites excluding steroid dienone is 1. The molecule has 0 heterocycles. The molecular formula is C25H22O3. The van der Waals surface area contributed by atoms with Gasteiger partial charge in [0.15, 0.2) is 5.78 Å². The fraction of sp³-hybridized carbons (Fsp3) is 0.0800. The van der Waals surface area contributed by atoms with Crippen LogP contribution in [0.4, 0.5) is 0 Å². The Morgan fingerprint density at radius 2 is 1.29 bits per heavy atom. The third kappa shape index (κ3) is 5.71. The van der Waals surface area contributed by atoms with Crippen LogP contribution in [0, 0.1) is 0 Å². The Hall–Kier alpha value is -3.59. The molecule has 0 saturated carbocycles. The second-order valence-corrected chi connectivity index (χ2v) is 6.10. The number of hydrogen-bond donors (Lipinski definition) is 0. The predicted molar refractivity (Wildman–Crippen MR) is 114 cm³/mol. The first-order chi connectivity index (χ1) is 13.7. The Kier molecular flexibility index (Phi) is 6.80. The topological polar surface area (TPSA) is 35.5 Å². The van der Waals surface area contributed by atoms with Crippen molar-refractivity contribution in [2.75, 3.05) is 13.2 Å². The van der Waals surface area contributed by atoms with Gasteiger partial charge in [-0.05, 0) is 41.5 Å². The van der Waals surface area contributed by atoms with E-state index in [0.29, 0.717) is 18.8 Å². The van der Waals surface area contributed by atoms with Gasteiger partial charge in [0.1, 0.15) is 24.7 Å². The molecule has 140 valence electrons. The maximum absolute atomic E-state index is 12.1. The molecule has 28 heavy (non-hydrogen) atoms. The third-order valence-electron chi connectivity index (χ3n) is 4.10. The van der Waals surface area contributed by atoms with Crippen LogP contribution in [0.1, 0.15) is 21.5 Å². The van der Waals surface area contributed by atoms with Crippen LogP contribution in [0.5, 0.6) is 11.5 Å². The summed E-state index contributed by atoms with van der Waals surface area (Å²) in [5.41, 5.74) is 2.68.